The van der Waals surface area contributed by atoms with Crippen LogP contribution in [0.15, 0.2) is 121 Å². The highest BCUT2D eigenvalue weighted by Gasteiger charge is 2.27. The second-order valence-corrected chi connectivity index (χ2v) is 11.1. The molecule has 0 aliphatic rings. The predicted octanol–water partition coefficient (Wildman–Crippen LogP) is 5.76. The van der Waals surface area contributed by atoms with Crippen LogP contribution in [0.3, 0.4) is 0 Å². The van der Waals surface area contributed by atoms with Crippen molar-refractivity contribution >= 4 is 34.2 Å². The Morgan fingerprint density at radius 3 is 1.57 bits per heavy atom. The lowest BCUT2D eigenvalue weighted by Crippen LogP contribution is -2.27. The maximum Gasteiger partial charge on any atom is 0.138 e. The van der Waals surface area contributed by atoms with Gasteiger partial charge in [-0.15, -0.1) is 0 Å². The molecule has 0 aromatic heterocycles. The summed E-state index contributed by atoms with van der Waals surface area (Å²) in [4.78, 5) is 0. The van der Waals surface area contributed by atoms with Crippen LogP contribution in [0.25, 0.3) is 5.57 Å². The first-order valence-corrected chi connectivity index (χ1v) is 13.4. The Bertz CT molecular complexity index is 1270. The normalized spacial score (nSPS) is 11.7. The van der Waals surface area contributed by atoms with Gasteiger partial charge in [-0.2, -0.15) is 5.26 Å². The van der Waals surface area contributed by atoms with Crippen molar-refractivity contribution in [3.8, 4) is 11.8 Å². The van der Waals surface area contributed by atoms with Crippen molar-refractivity contribution in [1.29, 1.82) is 5.26 Å². The van der Waals surface area contributed by atoms with E-state index in [9.17, 15) is 5.26 Å². The van der Waals surface area contributed by atoms with Crippen molar-refractivity contribution in [2.45, 2.75) is 6.92 Å². The molecule has 0 heterocycles. The molecule has 0 bridgehead atoms. The van der Waals surface area contributed by atoms with Crippen LogP contribution in [0.2, 0.25) is 0 Å². The minimum atomic E-state index is -2.33. The van der Waals surface area contributed by atoms with Gasteiger partial charge in [0.2, 0.25) is 0 Å². The number of hydrogen-bond donors (Lipinski definition) is 0. The van der Waals surface area contributed by atoms with Crippen molar-refractivity contribution in [2.75, 3.05) is 13.7 Å². The number of benzene rings is 4. The lowest BCUT2D eigenvalue weighted by Gasteiger charge is -2.29. The lowest BCUT2D eigenvalue weighted by atomic mass is 10.1. The van der Waals surface area contributed by atoms with Crippen LogP contribution in [0.4, 0.5) is 0 Å². The van der Waals surface area contributed by atoms with E-state index in [2.05, 4.69) is 84.7 Å². The van der Waals surface area contributed by atoms with Gasteiger partial charge in [-0.05, 0) is 65.3 Å². The smallest absolute Gasteiger partial charge is 0.138 e. The first-order chi connectivity index (χ1) is 17.2. The third-order valence-corrected chi connectivity index (χ3v) is 9.80. The molecule has 35 heavy (non-hydrogen) atoms. The number of nitriles is 1. The summed E-state index contributed by atoms with van der Waals surface area (Å²) in [6, 6.07) is 41.5. The average Bonchev–Trinajstić information content (AvgIpc) is 2.94. The molecule has 0 saturated carbocycles. The van der Waals surface area contributed by atoms with Gasteiger partial charge in [-0.1, -0.05) is 91.0 Å². The Hall–Kier alpha value is -3.99. The molecule has 0 radical (unpaired) electrons. The molecule has 3 nitrogen and oxygen atoms in total. The first-order valence-electron chi connectivity index (χ1n) is 11.6. The minimum absolute atomic E-state index is 0.450. The number of methoxy groups -OCH3 is 1. The molecule has 0 aliphatic heterocycles. The molecule has 4 rings (SSSR count). The van der Waals surface area contributed by atoms with Crippen LogP contribution in [0.5, 0.6) is 5.75 Å². The van der Waals surface area contributed by atoms with E-state index >= 15 is 0 Å². The maximum absolute atomic E-state index is 10.3. The van der Waals surface area contributed by atoms with E-state index in [0.29, 0.717) is 17.9 Å². The van der Waals surface area contributed by atoms with Gasteiger partial charge in [0.05, 0.1) is 13.7 Å². The van der Waals surface area contributed by atoms with Crippen molar-refractivity contribution in [3.05, 3.63) is 127 Å². The molecule has 0 saturated heterocycles. The van der Waals surface area contributed by atoms with Crippen molar-refractivity contribution < 1.29 is 9.47 Å². The molecule has 0 atom stereocenters. The van der Waals surface area contributed by atoms with E-state index in [0.717, 1.165) is 11.3 Å². The van der Waals surface area contributed by atoms with Gasteiger partial charge in [0, 0.05) is 0 Å². The van der Waals surface area contributed by atoms with Crippen LogP contribution in [0, 0.1) is 11.3 Å². The monoisotopic (exact) mass is 477 g/mol. The Morgan fingerprint density at radius 2 is 1.20 bits per heavy atom. The van der Waals surface area contributed by atoms with Gasteiger partial charge >= 0.3 is 0 Å². The highest BCUT2D eigenvalue weighted by molar-refractivity contribution is 7.94. The number of nitrogens with zero attached hydrogens (tertiary/aromatic N) is 1. The largest absolute Gasteiger partial charge is 0.497 e. The van der Waals surface area contributed by atoms with Crippen LogP contribution >= 0.6 is 6.89 Å². The Balaban J connectivity index is 2.12. The minimum Gasteiger partial charge on any atom is -0.497 e. The van der Waals surface area contributed by atoms with Crippen LogP contribution in [0.1, 0.15) is 12.5 Å². The summed E-state index contributed by atoms with van der Waals surface area (Å²) in [5.41, 5.74) is 1.29. The van der Waals surface area contributed by atoms with Gasteiger partial charge in [-0.25, -0.2) is 0 Å². The number of allylic oxidation sites excluding steroid dienone is 2. The molecule has 4 aromatic rings. The van der Waals surface area contributed by atoms with Gasteiger partial charge in [0.15, 0.2) is 0 Å². The van der Waals surface area contributed by atoms with Crippen LogP contribution < -0.4 is 20.7 Å². The fourth-order valence-corrected chi connectivity index (χ4v) is 8.01. The summed E-state index contributed by atoms with van der Waals surface area (Å²) in [6.45, 7) is 0.0733. The summed E-state index contributed by atoms with van der Waals surface area (Å²) in [7, 11) is 1.63. The molecular formula is C31H28NO2P. The van der Waals surface area contributed by atoms with Crippen molar-refractivity contribution in [3.63, 3.8) is 0 Å². The molecule has 0 unspecified atom stereocenters. The standard InChI is InChI=1S/C31H28NO2P/c1-3-34-31(30(23-32)25-19-21-26(33-2)22-20-25)24-35(27-13-7-4-8-14-27,28-15-9-5-10-16-28)29-17-11-6-12-18-29/h4-22,24H,3H2,1-2H3/b31-30-. The SMILES string of the molecule is CCO/C(C=P(c1ccccc1)(c1ccccc1)c1ccccc1)=C(/C#N)c1ccc(OC)cc1. The van der Waals surface area contributed by atoms with E-state index in [1.807, 2.05) is 49.4 Å². The van der Waals surface area contributed by atoms with E-state index in [-0.39, 0.29) is 0 Å². The quantitative estimate of drug-likeness (QED) is 0.184. The average molecular weight is 478 g/mol. The van der Waals surface area contributed by atoms with Crippen molar-refractivity contribution in [2.24, 2.45) is 0 Å². The Kier molecular flexibility index (Phi) is 7.88. The topological polar surface area (TPSA) is 42.2 Å². The van der Waals surface area contributed by atoms with E-state index in [1.54, 1.807) is 7.11 Å². The third kappa shape index (κ3) is 5.09. The molecule has 0 amide bonds. The van der Waals surface area contributed by atoms with Crippen LogP contribution in [-0.2, 0) is 4.74 Å². The molecule has 4 aromatic carbocycles. The molecule has 4 heteroatoms. The van der Waals surface area contributed by atoms with Gasteiger partial charge in [0.25, 0.3) is 0 Å². The van der Waals surface area contributed by atoms with Crippen molar-refractivity contribution in [1.82, 2.24) is 0 Å². The molecular weight excluding hydrogens is 449 g/mol. The zero-order valence-corrected chi connectivity index (χ0v) is 20.9. The zero-order valence-electron chi connectivity index (χ0n) is 20.0. The van der Waals surface area contributed by atoms with Gasteiger partial charge < -0.3 is 9.47 Å². The molecule has 0 spiro atoms. The second kappa shape index (κ2) is 11.4. The predicted molar refractivity (Wildman–Crippen MR) is 148 cm³/mol. The molecule has 0 aliphatic carbocycles. The Morgan fingerprint density at radius 1 is 0.743 bits per heavy atom. The molecule has 174 valence electrons. The number of rotatable bonds is 8. The summed E-state index contributed by atoms with van der Waals surface area (Å²) in [5, 5.41) is 13.9. The summed E-state index contributed by atoms with van der Waals surface area (Å²) >= 11 is 0. The number of hydrogen-bond acceptors (Lipinski definition) is 3. The Labute approximate surface area is 207 Å². The summed E-state index contributed by atoms with van der Waals surface area (Å²) < 4.78 is 11.5. The fraction of sp³-hybridized carbons (Fsp3) is 0.0968. The molecule has 0 fully saturated rings. The third-order valence-electron chi connectivity index (χ3n) is 5.84. The summed E-state index contributed by atoms with van der Waals surface area (Å²) in [6.07, 6.45) is 0. The lowest BCUT2D eigenvalue weighted by molar-refractivity contribution is 0.254. The fourth-order valence-electron chi connectivity index (χ4n) is 4.19. The molecule has 0 N–H and O–H groups in total. The highest BCUT2D eigenvalue weighted by Crippen LogP contribution is 2.45. The summed E-state index contributed by atoms with van der Waals surface area (Å²) in [5.74, 6) is 3.54. The van der Waals surface area contributed by atoms with Crippen LogP contribution in [-0.4, -0.2) is 19.5 Å². The number of ether oxygens (including phenoxy) is 2. The second-order valence-electron chi connectivity index (χ2n) is 7.87. The van der Waals surface area contributed by atoms with E-state index in [1.165, 1.54) is 15.9 Å². The maximum atomic E-state index is 10.3. The van der Waals surface area contributed by atoms with E-state index < -0.39 is 6.89 Å². The first kappa shape index (κ1) is 24.1. The van der Waals surface area contributed by atoms with Gasteiger partial charge in [-0.3, -0.25) is 0 Å². The highest BCUT2D eigenvalue weighted by atomic mass is 31.2. The van der Waals surface area contributed by atoms with E-state index in [4.69, 9.17) is 9.47 Å². The van der Waals surface area contributed by atoms with Gasteiger partial charge in [0.1, 0.15) is 23.2 Å². The zero-order chi connectivity index (χ0) is 24.5.